The lowest BCUT2D eigenvalue weighted by molar-refractivity contribution is -0.147. The minimum Gasteiger partial charge on any atom is -0.469 e. The Morgan fingerprint density at radius 2 is 1.47 bits per heavy atom. The summed E-state index contributed by atoms with van der Waals surface area (Å²) in [5.74, 6) is -0.427. The summed E-state index contributed by atoms with van der Waals surface area (Å²) in [5.41, 5.74) is -2.23. The quantitative estimate of drug-likeness (QED) is 0.195. The van der Waals surface area contributed by atoms with Gasteiger partial charge in [-0.25, -0.2) is 14.8 Å². The molecule has 2 fully saturated rings. The molecule has 5 rings (SSSR count). The summed E-state index contributed by atoms with van der Waals surface area (Å²) >= 11 is 0. The van der Waals surface area contributed by atoms with Gasteiger partial charge in [0.15, 0.2) is 0 Å². The summed E-state index contributed by atoms with van der Waals surface area (Å²) in [7, 11) is 3.17. The number of hydrogen-bond acceptors (Lipinski definition) is 9. The first-order valence-electron chi connectivity index (χ1n) is 17.3. The second kappa shape index (κ2) is 15.6. The predicted octanol–water partition coefficient (Wildman–Crippen LogP) is 7.43. The van der Waals surface area contributed by atoms with Crippen LogP contribution in [0.1, 0.15) is 93.4 Å². The molecular weight excluding hydrogens is 682 g/mol. The maximum Gasteiger partial charge on any atom is 0.416 e. The van der Waals surface area contributed by atoms with E-state index < -0.39 is 35.6 Å². The molecule has 1 saturated carbocycles. The molecular formula is C35H44F6N6O4. The van der Waals surface area contributed by atoms with Gasteiger partial charge < -0.3 is 19.3 Å². The van der Waals surface area contributed by atoms with E-state index >= 15 is 0 Å². The Balaban J connectivity index is 1.43. The zero-order valence-corrected chi connectivity index (χ0v) is 29.1. The molecule has 51 heavy (non-hydrogen) atoms. The zero-order chi connectivity index (χ0) is 37.1. The number of likely N-dealkylation sites (tertiary alicyclic amines) is 1. The number of likely N-dealkylation sites (N-methyl/N-ethyl adjacent to an activating group) is 1. The molecule has 0 N–H and O–H groups in total. The number of anilines is 1. The highest BCUT2D eigenvalue weighted by Crippen LogP contribution is 2.39. The Morgan fingerprint density at radius 1 is 0.902 bits per heavy atom. The third-order valence-electron chi connectivity index (χ3n) is 10.2. The Bertz CT molecular complexity index is 1500. The SMILES string of the molecule is CC[C@@H]1CC(N(Cc2cc(C(F)(F)F)cc(C(F)(F)F)c2)c2ncc(C3C=NN(C)C3)cn2)C[C@H](CC)N1C(=O)OC1CCC(C(=O)OC)CC1. The minimum absolute atomic E-state index is 0.0750. The molecule has 1 saturated heterocycles. The summed E-state index contributed by atoms with van der Waals surface area (Å²) in [6.07, 6.45) is -1.96. The number of aromatic nitrogens is 2. The van der Waals surface area contributed by atoms with E-state index in [0.717, 1.165) is 17.7 Å². The highest BCUT2D eigenvalue weighted by molar-refractivity contribution is 5.72. The fourth-order valence-electron chi connectivity index (χ4n) is 7.42. The van der Waals surface area contributed by atoms with Crippen LogP contribution >= 0.6 is 0 Å². The number of esters is 1. The monoisotopic (exact) mass is 726 g/mol. The van der Waals surface area contributed by atoms with Crippen LogP contribution in [0.2, 0.25) is 0 Å². The third-order valence-corrected chi connectivity index (χ3v) is 10.2. The van der Waals surface area contributed by atoms with Crippen molar-refractivity contribution in [2.45, 2.75) is 114 Å². The zero-order valence-electron chi connectivity index (χ0n) is 29.1. The van der Waals surface area contributed by atoms with Gasteiger partial charge in [-0.1, -0.05) is 13.8 Å². The van der Waals surface area contributed by atoms with Crippen molar-refractivity contribution in [2.75, 3.05) is 25.6 Å². The van der Waals surface area contributed by atoms with E-state index in [0.29, 0.717) is 57.9 Å². The summed E-state index contributed by atoms with van der Waals surface area (Å²) in [4.78, 5) is 38.2. The van der Waals surface area contributed by atoms with Crippen molar-refractivity contribution >= 4 is 24.2 Å². The van der Waals surface area contributed by atoms with E-state index in [9.17, 15) is 35.9 Å². The van der Waals surface area contributed by atoms with E-state index in [1.165, 1.54) is 7.11 Å². The van der Waals surface area contributed by atoms with Crippen LogP contribution in [-0.4, -0.2) is 83.1 Å². The Kier molecular flexibility index (Phi) is 11.7. The van der Waals surface area contributed by atoms with Crippen LogP contribution in [0.5, 0.6) is 0 Å². The molecule has 0 radical (unpaired) electrons. The lowest BCUT2D eigenvalue weighted by Gasteiger charge is -2.47. The lowest BCUT2D eigenvalue weighted by atomic mass is 9.87. The number of halogens is 6. The standard InChI is InChI=1S/C35H44F6N6O4/c1-5-27-14-29(15-28(6-2)47(27)33(49)51-30-9-7-22(8-10-30)31(48)50-4)46(32-42-16-23(17-43-32)24-18-44-45(3)20-24)19-21-11-25(34(36,37)38)13-26(12-21)35(39,40)41/h11-13,16-18,22,24,27-30H,5-10,14-15,19-20H2,1-4H3/t22?,24?,27-,28+,29?,30?. The molecule has 3 heterocycles. The number of hydrazone groups is 1. The van der Waals surface area contributed by atoms with Crippen molar-refractivity contribution < 1.29 is 45.4 Å². The maximum atomic E-state index is 13.8. The van der Waals surface area contributed by atoms with Gasteiger partial charge in [0.25, 0.3) is 0 Å². The smallest absolute Gasteiger partial charge is 0.416 e. The highest BCUT2D eigenvalue weighted by Gasteiger charge is 2.42. The van der Waals surface area contributed by atoms with Crippen molar-refractivity contribution in [2.24, 2.45) is 11.0 Å². The summed E-state index contributed by atoms with van der Waals surface area (Å²) in [6, 6.07) is 0.465. The molecule has 0 spiro atoms. The fraction of sp³-hybridized carbons (Fsp3) is 0.629. The Hall–Kier alpha value is -4.11. The van der Waals surface area contributed by atoms with Crippen LogP contribution in [0.3, 0.4) is 0 Å². The topological polar surface area (TPSA) is 100 Å². The van der Waals surface area contributed by atoms with Crippen molar-refractivity contribution in [1.82, 2.24) is 19.9 Å². The number of carbonyl (C=O) groups is 2. The van der Waals surface area contributed by atoms with Gasteiger partial charge in [-0.2, -0.15) is 31.4 Å². The van der Waals surface area contributed by atoms with Gasteiger partial charge in [0.1, 0.15) is 6.10 Å². The van der Waals surface area contributed by atoms with E-state index in [-0.39, 0.29) is 60.1 Å². The van der Waals surface area contributed by atoms with E-state index in [1.807, 2.05) is 20.9 Å². The van der Waals surface area contributed by atoms with E-state index in [4.69, 9.17) is 9.47 Å². The second-order valence-electron chi connectivity index (χ2n) is 13.6. The van der Waals surface area contributed by atoms with Gasteiger partial charge in [0.05, 0.1) is 24.2 Å². The molecule has 1 aromatic carbocycles. The first-order chi connectivity index (χ1) is 24.1. The molecule has 2 aromatic rings. The summed E-state index contributed by atoms with van der Waals surface area (Å²) < 4.78 is 93.8. The Morgan fingerprint density at radius 3 is 1.94 bits per heavy atom. The number of nitrogens with zero attached hydrogens (tertiary/aromatic N) is 6. The molecule has 3 aliphatic rings. The molecule has 1 amide bonds. The second-order valence-corrected chi connectivity index (χ2v) is 13.6. The minimum atomic E-state index is -5.00. The van der Waals surface area contributed by atoms with Crippen LogP contribution < -0.4 is 4.90 Å². The van der Waals surface area contributed by atoms with Gasteiger partial charge in [-0.05, 0) is 80.7 Å². The third kappa shape index (κ3) is 9.04. The highest BCUT2D eigenvalue weighted by atomic mass is 19.4. The number of ether oxygens (including phenoxy) is 2. The van der Waals surface area contributed by atoms with Gasteiger partial charge in [-0.3, -0.25) is 9.80 Å². The van der Waals surface area contributed by atoms with E-state index in [1.54, 1.807) is 33.4 Å². The van der Waals surface area contributed by atoms with Crippen molar-refractivity contribution in [3.05, 3.63) is 52.8 Å². The van der Waals surface area contributed by atoms with Crippen molar-refractivity contribution in [1.29, 1.82) is 0 Å². The number of alkyl halides is 6. The largest absolute Gasteiger partial charge is 0.469 e. The van der Waals surface area contributed by atoms with Gasteiger partial charge in [-0.15, -0.1) is 0 Å². The van der Waals surface area contributed by atoms with Crippen LogP contribution in [0.25, 0.3) is 0 Å². The number of carbonyl (C=O) groups excluding carboxylic acids is 2. The number of amides is 1. The van der Waals surface area contributed by atoms with Gasteiger partial charge >= 0.3 is 24.4 Å². The number of methoxy groups -OCH3 is 1. The normalized spacial score (nSPS) is 25.5. The molecule has 1 aliphatic carbocycles. The van der Waals surface area contributed by atoms with Crippen molar-refractivity contribution in [3.8, 4) is 0 Å². The average molecular weight is 727 g/mol. The molecule has 2 aliphatic heterocycles. The lowest BCUT2D eigenvalue weighted by Crippen LogP contribution is -2.57. The maximum absolute atomic E-state index is 13.8. The molecule has 0 bridgehead atoms. The number of benzene rings is 1. The number of rotatable bonds is 9. The average Bonchev–Trinajstić information content (AvgIpc) is 3.55. The van der Waals surface area contributed by atoms with Crippen LogP contribution in [0.15, 0.2) is 35.7 Å². The predicted molar refractivity (Wildman–Crippen MR) is 176 cm³/mol. The van der Waals surface area contributed by atoms with Gasteiger partial charge in [0.2, 0.25) is 5.95 Å². The molecule has 280 valence electrons. The summed E-state index contributed by atoms with van der Waals surface area (Å²) in [6.45, 7) is 4.11. The van der Waals surface area contributed by atoms with Crippen LogP contribution in [0, 0.1) is 5.92 Å². The Labute approximate surface area is 293 Å². The first kappa shape index (κ1) is 38.1. The molecule has 1 aromatic heterocycles. The fourth-order valence-corrected chi connectivity index (χ4v) is 7.42. The van der Waals surface area contributed by atoms with Crippen LogP contribution in [0.4, 0.5) is 37.1 Å². The first-order valence-corrected chi connectivity index (χ1v) is 17.3. The number of piperidine rings is 1. The molecule has 4 atom stereocenters. The summed E-state index contributed by atoms with van der Waals surface area (Å²) in [5, 5.41) is 6.00. The number of hydrogen-bond donors (Lipinski definition) is 0. The van der Waals surface area contributed by atoms with Crippen molar-refractivity contribution in [3.63, 3.8) is 0 Å². The van der Waals surface area contributed by atoms with Gasteiger partial charge in [0, 0.05) is 62.8 Å². The molecule has 2 unspecified atom stereocenters. The van der Waals surface area contributed by atoms with E-state index in [2.05, 4.69) is 15.1 Å². The van der Waals surface area contributed by atoms with Crippen LogP contribution in [-0.2, 0) is 33.2 Å². The molecule has 10 nitrogen and oxygen atoms in total. The molecule has 16 heteroatoms.